The second kappa shape index (κ2) is 9.80. The number of amides is 2. The van der Waals surface area contributed by atoms with Crippen LogP contribution in [0.4, 0.5) is 0 Å². The number of pyridine rings is 1. The molecule has 7 heteroatoms. The maximum atomic E-state index is 12.9. The highest BCUT2D eigenvalue weighted by Crippen LogP contribution is 2.23. The Hall–Kier alpha value is -1.99. The number of hydrogen-bond acceptors (Lipinski definition) is 5. The monoisotopic (exact) mass is 375 g/mol. The summed E-state index contributed by atoms with van der Waals surface area (Å²) in [7, 11) is 1.53. The minimum atomic E-state index is -0.0493. The Morgan fingerprint density at radius 1 is 1.33 bits per heavy atom. The smallest absolute Gasteiger partial charge is 0.249 e. The van der Waals surface area contributed by atoms with Gasteiger partial charge in [0.2, 0.25) is 11.8 Å². The molecular weight excluding hydrogens is 346 g/mol. The topological polar surface area (TPSA) is 72.0 Å². The summed E-state index contributed by atoms with van der Waals surface area (Å²) in [5, 5.41) is 0. The van der Waals surface area contributed by atoms with Gasteiger partial charge in [-0.3, -0.25) is 14.6 Å². The number of hydrogen-bond donors (Lipinski definition) is 0. The second-order valence-corrected chi connectivity index (χ2v) is 7.28. The van der Waals surface area contributed by atoms with Crippen molar-refractivity contribution < 1.29 is 19.1 Å². The van der Waals surface area contributed by atoms with Crippen molar-refractivity contribution in [2.45, 2.75) is 38.3 Å². The molecule has 0 aliphatic carbocycles. The predicted octanol–water partition coefficient (Wildman–Crippen LogP) is 1.47. The number of aromatic nitrogens is 1. The van der Waals surface area contributed by atoms with Gasteiger partial charge in [0.1, 0.15) is 6.61 Å². The summed E-state index contributed by atoms with van der Waals surface area (Å²) in [4.78, 5) is 33.5. The van der Waals surface area contributed by atoms with Crippen molar-refractivity contribution in [1.29, 1.82) is 0 Å². The molecule has 7 nitrogen and oxygen atoms in total. The van der Waals surface area contributed by atoms with E-state index >= 15 is 0 Å². The van der Waals surface area contributed by atoms with Gasteiger partial charge in [-0.1, -0.05) is 6.07 Å². The number of methoxy groups -OCH3 is 1. The molecule has 0 bridgehead atoms. The minimum absolute atomic E-state index is 0.00500. The van der Waals surface area contributed by atoms with Crippen LogP contribution in [-0.2, 0) is 25.6 Å². The van der Waals surface area contributed by atoms with Crippen LogP contribution >= 0.6 is 0 Å². The number of nitrogens with zero attached hydrogens (tertiary/aromatic N) is 3. The van der Waals surface area contributed by atoms with Crippen LogP contribution in [0.3, 0.4) is 0 Å². The van der Waals surface area contributed by atoms with E-state index in [4.69, 9.17) is 9.47 Å². The van der Waals surface area contributed by atoms with Crippen LogP contribution in [-0.4, -0.2) is 72.7 Å². The highest BCUT2D eigenvalue weighted by Gasteiger charge is 2.33. The summed E-state index contributed by atoms with van der Waals surface area (Å²) in [6, 6.07) is 3.84. The van der Waals surface area contributed by atoms with Crippen molar-refractivity contribution in [3.63, 3.8) is 0 Å². The van der Waals surface area contributed by atoms with Crippen molar-refractivity contribution in [3.8, 4) is 0 Å². The molecule has 1 unspecified atom stereocenters. The summed E-state index contributed by atoms with van der Waals surface area (Å²) >= 11 is 0. The highest BCUT2D eigenvalue weighted by atomic mass is 16.5. The molecule has 2 aliphatic heterocycles. The fraction of sp³-hybridized carbons (Fsp3) is 0.650. The third-order valence-electron chi connectivity index (χ3n) is 5.38. The van der Waals surface area contributed by atoms with E-state index in [9.17, 15) is 9.59 Å². The van der Waals surface area contributed by atoms with Crippen molar-refractivity contribution in [1.82, 2.24) is 14.8 Å². The zero-order valence-corrected chi connectivity index (χ0v) is 16.0. The molecule has 3 heterocycles. The first-order valence-corrected chi connectivity index (χ1v) is 9.73. The van der Waals surface area contributed by atoms with Gasteiger partial charge in [-0.2, -0.15) is 0 Å². The first-order valence-electron chi connectivity index (χ1n) is 9.73. The van der Waals surface area contributed by atoms with E-state index < -0.39 is 0 Å². The molecule has 0 spiro atoms. The van der Waals surface area contributed by atoms with E-state index in [1.807, 2.05) is 21.9 Å². The zero-order chi connectivity index (χ0) is 19.1. The minimum Gasteiger partial charge on any atom is -0.381 e. The molecule has 148 valence electrons. The predicted molar refractivity (Wildman–Crippen MR) is 99.8 cm³/mol. The van der Waals surface area contributed by atoms with Gasteiger partial charge >= 0.3 is 0 Å². The van der Waals surface area contributed by atoms with Gasteiger partial charge in [0.15, 0.2) is 0 Å². The van der Waals surface area contributed by atoms with Crippen molar-refractivity contribution >= 4 is 11.8 Å². The van der Waals surface area contributed by atoms with Gasteiger partial charge in [0.25, 0.3) is 0 Å². The van der Waals surface area contributed by atoms with Gasteiger partial charge < -0.3 is 19.3 Å². The lowest BCUT2D eigenvalue weighted by Crippen LogP contribution is -2.53. The maximum absolute atomic E-state index is 12.9. The standard InChI is InChI=1S/C20H29N3O4/c1-26-15-19(24)23(13-16-4-2-8-21-12-16)18-5-3-9-22(14-18)20(25)17-6-10-27-11-7-17/h2,4,8,12,17-18H,3,5-7,9-11,13-15H2,1H3. The van der Waals surface area contributed by atoms with Crippen molar-refractivity contribution in [2.24, 2.45) is 5.92 Å². The summed E-state index contributed by atoms with van der Waals surface area (Å²) in [6.07, 6.45) is 6.89. The van der Waals surface area contributed by atoms with Crippen LogP contribution in [0.1, 0.15) is 31.2 Å². The number of piperidine rings is 1. The zero-order valence-electron chi connectivity index (χ0n) is 16.0. The van der Waals surface area contributed by atoms with Crippen molar-refractivity contribution in [2.75, 3.05) is 40.0 Å². The molecule has 2 saturated heterocycles. The molecule has 0 N–H and O–H groups in total. The molecule has 0 aromatic carbocycles. The summed E-state index contributed by atoms with van der Waals surface area (Å²) < 4.78 is 10.5. The quantitative estimate of drug-likeness (QED) is 0.753. The molecule has 2 amide bonds. The van der Waals surface area contributed by atoms with Gasteiger partial charge in [-0.05, 0) is 37.3 Å². The number of likely N-dealkylation sites (tertiary alicyclic amines) is 1. The lowest BCUT2D eigenvalue weighted by atomic mass is 9.96. The molecule has 3 rings (SSSR count). The third-order valence-corrected chi connectivity index (χ3v) is 5.38. The fourth-order valence-corrected chi connectivity index (χ4v) is 3.93. The number of carbonyl (C=O) groups is 2. The van der Waals surface area contributed by atoms with E-state index in [-0.39, 0.29) is 30.4 Å². The van der Waals surface area contributed by atoms with E-state index in [0.29, 0.717) is 26.3 Å². The van der Waals surface area contributed by atoms with Crippen LogP contribution in [0, 0.1) is 5.92 Å². The Balaban J connectivity index is 1.69. The Labute approximate surface area is 160 Å². The van der Waals surface area contributed by atoms with E-state index in [1.54, 1.807) is 12.4 Å². The first-order chi connectivity index (χ1) is 13.2. The van der Waals surface area contributed by atoms with E-state index in [1.165, 1.54) is 7.11 Å². The molecule has 2 aliphatic rings. The van der Waals surface area contributed by atoms with Gasteiger partial charge in [-0.15, -0.1) is 0 Å². The molecule has 1 aromatic rings. The highest BCUT2D eigenvalue weighted by molar-refractivity contribution is 5.80. The number of rotatable bonds is 6. The number of carbonyl (C=O) groups excluding carboxylic acids is 2. The van der Waals surface area contributed by atoms with Gasteiger partial charge in [0.05, 0.1) is 0 Å². The molecule has 1 atom stereocenters. The Morgan fingerprint density at radius 3 is 2.85 bits per heavy atom. The van der Waals surface area contributed by atoms with Gasteiger partial charge in [0, 0.05) is 64.3 Å². The summed E-state index contributed by atoms with van der Waals surface area (Å²) in [5.74, 6) is 0.217. The largest absolute Gasteiger partial charge is 0.381 e. The average molecular weight is 375 g/mol. The Morgan fingerprint density at radius 2 is 2.15 bits per heavy atom. The van der Waals surface area contributed by atoms with Crippen LogP contribution in [0.25, 0.3) is 0 Å². The SMILES string of the molecule is COCC(=O)N(Cc1cccnc1)C1CCCN(C(=O)C2CCOCC2)C1. The van der Waals surface area contributed by atoms with E-state index in [0.717, 1.165) is 37.8 Å². The van der Waals surface area contributed by atoms with Crippen molar-refractivity contribution in [3.05, 3.63) is 30.1 Å². The fourth-order valence-electron chi connectivity index (χ4n) is 3.93. The average Bonchev–Trinajstić information content (AvgIpc) is 2.73. The first kappa shape index (κ1) is 19.8. The molecule has 0 radical (unpaired) electrons. The summed E-state index contributed by atoms with van der Waals surface area (Å²) in [5.41, 5.74) is 0.981. The molecule has 27 heavy (non-hydrogen) atoms. The van der Waals surface area contributed by atoms with Crippen LogP contribution < -0.4 is 0 Å². The lowest BCUT2D eigenvalue weighted by Gasteiger charge is -2.40. The maximum Gasteiger partial charge on any atom is 0.249 e. The third kappa shape index (κ3) is 5.26. The van der Waals surface area contributed by atoms with E-state index in [2.05, 4.69) is 4.98 Å². The van der Waals surface area contributed by atoms with Crippen LogP contribution in [0.15, 0.2) is 24.5 Å². The summed E-state index contributed by atoms with van der Waals surface area (Å²) in [6.45, 7) is 3.21. The molecule has 0 saturated carbocycles. The Kier molecular flexibility index (Phi) is 7.18. The molecule has 2 fully saturated rings. The molecule has 1 aromatic heterocycles. The van der Waals surface area contributed by atoms with Crippen LogP contribution in [0.2, 0.25) is 0 Å². The normalized spacial score (nSPS) is 21.1. The Bertz CT molecular complexity index is 619. The van der Waals surface area contributed by atoms with Crippen LogP contribution in [0.5, 0.6) is 0 Å². The number of ether oxygens (including phenoxy) is 2. The lowest BCUT2D eigenvalue weighted by molar-refractivity contribution is -0.146. The van der Waals surface area contributed by atoms with Gasteiger partial charge in [-0.25, -0.2) is 0 Å². The molecular formula is C20H29N3O4. The second-order valence-electron chi connectivity index (χ2n) is 7.28.